The number of sulfonamides is 1. The van der Waals surface area contributed by atoms with Gasteiger partial charge in [0.15, 0.2) is 11.5 Å². The second kappa shape index (κ2) is 8.41. The SMILES string of the molecule is Cc1ccc(S(=O)(=O)NCCC(=O)NCc2ccc3c(c2)OCCO3)cc1. The number of carbonyl (C=O) groups is 1. The first-order valence-corrected chi connectivity index (χ1v) is 10.1. The molecule has 8 heteroatoms. The van der Waals surface area contributed by atoms with E-state index < -0.39 is 10.0 Å². The molecule has 0 bridgehead atoms. The highest BCUT2D eigenvalue weighted by Gasteiger charge is 2.14. The first kappa shape index (κ1) is 19.2. The van der Waals surface area contributed by atoms with Gasteiger partial charge < -0.3 is 14.8 Å². The summed E-state index contributed by atoms with van der Waals surface area (Å²) in [6, 6.07) is 12.0. The van der Waals surface area contributed by atoms with Crippen molar-refractivity contribution >= 4 is 15.9 Å². The minimum atomic E-state index is -3.61. The minimum absolute atomic E-state index is 0.0309. The van der Waals surface area contributed by atoms with Gasteiger partial charge >= 0.3 is 0 Å². The Bertz CT molecular complexity index is 910. The van der Waals surface area contributed by atoms with E-state index in [1.165, 1.54) is 0 Å². The molecular formula is C19H22N2O5S. The van der Waals surface area contributed by atoms with Crippen LogP contribution in [-0.2, 0) is 21.4 Å². The first-order valence-electron chi connectivity index (χ1n) is 8.65. The molecule has 7 nitrogen and oxygen atoms in total. The van der Waals surface area contributed by atoms with Crippen LogP contribution in [0, 0.1) is 6.92 Å². The number of hydrogen-bond donors (Lipinski definition) is 2. The zero-order valence-electron chi connectivity index (χ0n) is 15.0. The molecule has 3 rings (SSSR count). The number of aryl methyl sites for hydroxylation is 1. The molecule has 1 amide bonds. The Labute approximate surface area is 158 Å². The van der Waals surface area contributed by atoms with Crippen LogP contribution in [0.4, 0.5) is 0 Å². The van der Waals surface area contributed by atoms with E-state index in [4.69, 9.17) is 9.47 Å². The van der Waals surface area contributed by atoms with Crippen LogP contribution in [0.25, 0.3) is 0 Å². The molecule has 0 saturated heterocycles. The predicted octanol–water partition coefficient (Wildman–Crippen LogP) is 1.75. The van der Waals surface area contributed by atoms with E-state index in [0.717, 1.165) is 11.1 Å². The van der Waals surface area contributed by atoms with Crippen LogP contribution >= 0.6 is 0 Å². The summed E-state index contributed by atoms with van der Waals surface area (Å²) in [5.74, 6) is 1.12. The van der Waals surface area contributed by atoms with E-state index in [0.29, 0.717) is 31.3 Å². The Morgan fingerprint density at radius 3 is 2.48 bits per heavy atom. The molecule has 0 fully saturated rings. The lowest BCUT2D eigenvalue weighted by molar-refractivity contribution is -0.121. The number of fused-ring (bicyclic) bond motifs is 1. The Morgan fingerprint density at radius 2 is 1.74 bits per heavy atom. The van der Waals surface area contributed by atoms with E-state index in [1.54, 1.807) is 24.3 Å². The fourth-order valence-corrected chi connectivity index (χ4v) is 3.62. The molecule has 0 atom stereocenters. The molecule has 2 aromatic rings. The summed E-state index contributed by atoms with van der Waals surface area (Å²) in [5.41, 5.74) is 1.86. The Balaban J connectivity index is 1.45. The normalized spacial score (nSPS) is 13.2. The molecule has 0 aliphatic carbocycles. The minimum Gasteiger partial charge on any atom is -0.486 e. The van der Waals surface area contributed by atoms with Crippen molar-refractivity contribution in [2.75, 3.05) is 19.8 Å². The van der Waals surface area contributed by atoms with Crippen LogP contribution < -0.4 is 19.5 Å². The third-order valence-electron chi connectivity index (χ3n) is 4.07. The van der Waals surface area contributed by atoms with Crippen LogP contribution in [0.1, 0.15) is 17.5 Å². The van der Waals surface area contributed by atoms with Crippen molar-refractivity contribution in [1.82, 2.24) is 10.0 Å². The van der Waals surface area contributed by atoms with Gasteiger partial charge in [0.05, 0.1) is 4.90 Å². The summed E-state index contributed by atoms with van der Waals surface area (Å²) >= 11 is 0. The molecule has 0 unspecified atom stereocenters. The van der Waals surface area contributed by atoms with Gasteiger partial charge in [0.2, 0.25) is 15.9 Å². The van der Waals surface area contributed by atoms with Crippen LogP contribution in [0.5, 0.6) is 11.5 Å². The molecule has 1 aliphatic heterocycles. The summed E-state index contributed by atoms with van der Waals surface area (Å²) in [7, 11) is -3.61. The van der Waals surface area contributed by atoms with Gasteiger partial charge in [0, 0.05) is 19.5 Å². The molecule has 0 saturated carbocycles. The molecule has 0 aromatic heterocycles. The Kier molecular flexibility index (Phi) is 5.98. The van der Waals surface area contributed by atoms with E-state index >= 15 is 0 Å². The van der Waals surface area contributed by atoms with Crippen LogP contribution in [0.3, 0.4) is 0 Å². The van der Waals surface area contributed by atoms with Gasteiger partial charge in [0.1, 0.15) is 13.2 Å². The van der Waals surface area contributed by atoms with Gasteiger partial charge in [-0.25, -0.2) is 13.1 Å². The van der Waals surface area contributed by atoms with E-state index in [9.17, 15) is 13.2 Å². The van der Waals surface area contributed by atoms with Crippen molar-refractivity contribution < 1.29 is 22.7 Å². The lowest BCUT2D eigenvalue weighted by Gasteiger charge is -2.19. The lowest BCUT2D eigenvalue weighted by atomic mass is 10.2. The topological polar surface area (TPSA) is 93.7 Å². The maximum atomic E-state index is 12.2. The molecule has 27 heavy (non-hydrogen) atoms. The molecular weight excluding hydrogens is 368 g/mol. The van der Waals surface area contributed by atoms with Crippen molar-refractivity contribution in [3.05, 3.63) is 53.6 Å². The molecule has 2 N–H and O–H groups in total. The second-order valence-electron chi connectivity index (χ2n) is 6.22. The number of nitrogens with one attached hydrogen (secondary N) is 2. The zero-order chi connectivity index (χ0) is 19.3. The average Bonchev–Trinajstić information content (AvgIpc) is 2.66. The number of hydrogen-bond acceptors (Lipinski definition) is 5. The predicted molar refractivity (Wildman–Crippen MR) is 100 cm³/mol. The quantitative estimate of drug-likeness (QED) is 0.751. The van der Waals surface area contributed by atoms with Crippen LogP contribution in [0.15, 0.2) is 47.4 Å². The van der Waals surface area contributed by atoms with Crippen molar-refractivity contribution in [2.24, 2.45) is 0 Å². The number of ether oxygens (including phenoxy) is 2. The van der Waals surface area contributed by atoms with Gasteiger partial charge in [-0.1, -0.05) is 23.8 Å². The number of amides is 1. The standard InChI is InChI=1S/C19H22N2O5S/c1-14-2-5-16(6-3-14)27(23,24)21-9-8-19(22)20-13-15-4-7-17-18(12-15)26-11-10-25-17/h2-7,12,21H,8-11,13H2,1H3,(H,20,22). The van der Waals surface area contributed by atoms with Crippen molar-refractivity contribution in [3.63, 3.8) is 0 Å². The highest BCUT2D eigenvalue weighted by Crippen LogP contribution is 2.30. The highest BCUT2D eigenvalue weighted by atomic mass is 32.2. The summed E-state index contributed by atoms with van der Waals surface area (Å²) in [6.07, 6.45) is 0.0512. The largest absolute Gasteiger partial charge is 0.486 e. The summed E-state index contributed by atoms with van der Waals surface area (Å²) in [5, 5.41) is 2.77. The smallest absolute Gasteiger partial charge is 0.240 e. The molecule has 144 valence electrons. The first-order chi connectivity index (χ1) is 12.9. The average molecular weight is 390 g/mol. The fourth-order valence-electron chi connectivity index (χ4n) is 2.59. The third-order valence-corrected chi connectivity index (χ3v) is 5.55. The summed E-state index contributed by atoms with van der Waals surface area (Å²) < 4.78 is 37.7. The molecule has 0 radical (unpaired) electrons. The van der Waals surface area contributed by atoms with Crippen LogP contribution in [0.2, 0.25) is 0 Å². The fraction of sp³-hybridized carbons (Fsp3) is 0.316. The molecule has 1 heterocycles. The van der Waals surface area contributed by atoms with Gasteiger partial charge in [-0.15, -0.1) is 0 Å². The lowest BCUT2D eigenvalue weighted by Crippen LogP contribution is -2.30. The summed E-state index contributed by atoms with van der Waals surface area (Å²) in [6.45, 7) is 3.28. The summed E-state index contributed by atoms with van der Waals surface area (Å²) in [4.78, 5) is 12.2. The highest BCUT2D eigenvalue weighted by molar-refractivity contribution is 7.89. The number of benzene rings is 2. The maximum Gasteiger partial charge on any atom is 0.240 e. The van der Waals surface area contributed by atoms with E-state index in [-0.39, 0.29) is 23.8 Å². The van der Waals surface area contributed by atoms with E-state index in [2.05, 4.69) is 10.0 Å². The third kappa shape index (κ3) is 5.21. The number of carbonyl (C=O) groups excluding carboxylic acids is 1. The molecule has 2 aromatic carbocycles. The zero-order valence-corrected chi connectivity index (χ0v) is 15.8. The van der Waals surface area contributed by atoms with Gasteiger partial charge in [-0.3, -0.25) is 4.79 Å². The molecule has 0 spiro atoms. The number of rotatable bonds is 7. The van der Waals surface area contributed by atoms with Crippen molar-refractivity contribution in [3.8, 4) is 11.5 Å². The Morgan fingerprint density at radius 1 is 1.04 bits per heavy atom. The van der Waals surface area contributed by atoms with E-state index in [1.807, 2.05) is 25.1 Å². The van der Waals surface area contributed by atoms with Crippen LogP contribution in [-0.4, -0.2) is 34.1 Å². The van der Waals surface area contributed by atoms with Crippen molar-refractivity contribution in [1.29, 1.82) is 0 Å². The second-order valence-corrected chi connectivity index (χ2v) is 7.98. The monoisotopic (exact) mass is 390 g/mol. The van der Waals surface area contributed by atoms with Gasteiger partial charge in [0.25, 0.3) is 0 Å². The van der Waals surface area contributed by atoms with Crippen molar-refractivity contribution in [2.45, 2.75) is 24.8 Å². The van der Waals surface area contributed by atoms with Gasteiger partial charge in [-0.2, -0.15) is 0 Å². The molecule has 1 aliphatic rings. The Hall–Kier alpha value is -2.58. The maximum absolute atomic E-state index is 12.2. The van der Waals surface area contributed by atoms with Gasteiger partial charge in [-0.05, 0) is 36.8 Å².